The summed E-state index contributed by atoms with van der Waals surface area (Å²) in [5.74, 6) is 1.84. The van der Waals surface area contributed by atoms with E-state index in [0.29, 0.717) is 0 Å². The van der Waals surface area contributed by atoms with E-state index in [0.717, 1.165) is 34.1 Å². The zero-order valence-electron chi connectivity index (χ0n) is 12.7. The molecule has 0 bridgehead atoms. The Morgan fingerprint density at radius 1 is 0.773 bits per heavy atom. The highest BCUT2D eigenvalue weighted by Gasteiger charge is 2.26. The number of hydrogen-bond acceptors (Lipinski definition) is 2. The number of nitrogens with zero attached hydrogens (tertiary/aromatic N) is 1. The molecule has 0 amide bonds. The van der Waals surface area contributed by atoms with Crippen LogP contribution in [0.1, 0.15) is 11.1 Å². The zero-order chi connectivity index (χ0) is 15.1. The fourth-order valence-electron chi connectivity index (χ4n) is 2.93. The van der Waals surface area contributed by atoms with Gasteiger partial charge in [-0.2, -0.15) is 0 Å². The molecule has 22 heavy (non-hydrogen) atoms. The Balaban J connectivity index is 2.00. The van der Waals surface area contributed by atoms with Gasteiger partial charge in [0.15, 0.2) is 11.5 Å². The molecule has 2 heteroatoms. The molecular formula is C20H17NO. The Bertz CT molecular complexity index is 840. The Morgan fingerprint density at radius 2 is 1.59 bits per heavy atom. The van der Waals surface area contributed by atoms with Crippen molar-refractivity contribution >= 4 is 17.1 Å². The summed E-state index contributed by atoms with van der Waals surface area (Å²) in [6, 6.07) is 23.0. The third-order valence-electron chi connectivity index (χ3n) is 4.01. The summed E-state index contributed by atoms with van der Waals surface area (Å²) in [5.41, 5.74) is 5.65. The van der Waals surface area contributed by atoms with Gasteiger partial charge in [0.05, 0.1) is 11.4 Å². The maximum Gasteiger partial charge on any atom is 0.154 e. The number of para-hydroxylation sites is 2. The maximum atomic E-state index is 6.20. The molecular weight excluding hydrogens is 270 g/mol. The molecule has 108 valence electrons. The third kappa shape index (κ3) is 1.96. The van der Waals surface area contributed by atoms with Gasteiger partial charge in [0.1, 0.15) is 0 Å². The number of fused-ring (bicyclic) bond motifs is 2. The van der Waals surface area contributed by atoms with Crippen LogP contribution in [0.5, 0.6) is 11.5 Å². The highest BCUT2D eigenvalue weighted by atomic mass is 16.5. The van der Waals surface area contributed by atoms with E-state index >= 15 is 0 Å². The molecule has 0 aromatic heterocycles. The smallest absolute Gasteiger partial charge is 0.154 e. The molecule has 4 rings (SSSR count). The topological polar surface area (TPSA) is 12.5 Å². The van der Waals surface area contributed by atoms with Gasteiger partial charge in [-0.15, -0.1) is 0 Å². The largest absolute Gasteiger partial charge is 0.453 e. The average Bonchev–Trinajstić information content (AvgIpc) is 2.54. The normalized spacial score (nSPS) is 12.4. The van der Waals surface area contributed by atoms with Gasteiger partial charge >= 0.3 is 0 Å². The van der Waals surface area contributed by atoms with Gasteiger partial charge in [-0.1, -0.05) is 36.4 Å². The fraction of sp³-hybridized carbons (Fsp3) is 0.100. The molecule has 0 fully saturated rings. The van der Waals surface area contributed by atoms with Crippen LogP contribution in [0.25, 0.3) is 0 Å². The maximum absolute atomic E-state index is 6.20. The molecule has 0 N–H and O–H groups in total. The van der Waals surface area contributed by atoms with E-state index in [4.69, 9.17) is 4.74 Å². The van der Waals surface area contributed by atoms with E-state index in [2.05, 4.69) is 79.4 Å². The van der Waals surface area contributed by atoms with E-state index in [1.54, 1.807) is 0 Å². The highest BCUT2D eigenvalue weighted by molar-refractivity contribution is 5.86. The van der Waals surface area contributed by atoms with Crippen LogP contribution in [0.4, 0.5) is 17.1 Å². The van der Waals surface area contributed by atoms with Gasteiger partial charge in [0.2, 0.25) is 0 Å². The molecule has 0 saturated carbocycles. The number of ether oxygens (including phenoxy) is 1. The third-order valence-corrected chi connectivity index (χ3v) is 4.01. The monoisotopic (exact) mass is 287 g/mol. The predicted molar refractivity (Wildman–Crippen MR) is 90.7 cm³/mol. The number of rotatable bonds is 1. The van der Waals surface area contributed by atoms with Gasteiger partial charge in [-0.05, 0) is 55.3 Å². The van der Waals surface area contributed by atoms with Crippen molar-refractivity contribution in [3.63, 3.8) is 0 Å². The zero-order valence-corrected chi connectivity index (χ0v) is 12.7. The lowest BCUT2D eigenvalue weighted by Gasteiger charge is -2.33. The van der Waals surface area contributed by atoms with Crippen molar-refractivity contribution < 1.29 is 4.74 Å². The summed E-state index contributed by atoms with van der Waals surface area (Å²) in [6.07, 6.45) is 0. The summed E-state index contributed by atoms with van der Waals surface area (Å²) in [7, 11) is 0. The van der Waals surface area contributed by atoms with Crippen LogP contribution in [0, 0.1) is 13.8 Å². The average molecular weight is 287 g/mol. The van der Waals surface area contributed by atoms with Gasteiger partial charge in [0, 0.05) is 5.69 Å². The van der Waals surface area contributed by atoms with E-state index < -0.39 is 0 Å². The van der Waals surface area contributed by atoms with Crippen molar-refractivity contribution in [1.29, 1.82) is 0 Å². The SMILES string of the molecule is Cc1ccc2c(c1)Oc1c(C)cccc1N2c1ccccc1. The van der Waals surface area contributed by atoms with Crippen LogP contribution >= 0.6 is 0 Å². The minimum Gasteiger partial charge on any atom is -0.453 e. The van der Waals surface area contributed by atoms with Crippen LogP contribution in [-0.4, -0.2) is 0 Å². The van der Waals surface area contributed by atoms with Crippen molar-refractivity contribution in [2.75, 3.05) is 4.90 Å². The minimum atomic E-state index is 0.908. The molecule has 2 nitrogen and oxygen atoms in total. The van der Waals surface area contributed by atoms with Gasteiger partial charge < -0.3 is 9.64 Å². The van der Waals surface area contributed by atoms with Crippen LogP contribution in [-0.2, 0) is 0 Å². The van der Waals surface area contributed by atoms with Crippen LogP contribution in [0.3, 0.4) is 0 Å². The van der Waals surface area contributed by atoms with Crippen LogP contribution in [0.2, 0.25) is 0 Å². The van der Waals surface area contributed by atoms with E-state index in [1.807, 2.05) is 6.07 Å². The molecule has 3 aromatic rings. The molecule has 0 aliphatic carbocycles. The van der Waals surface area contributed by atoms with Crippen molar-refractivity contribution in [2.45, 2.75) is 13.8 Å². The summed E-state index contributed by atoms with van der Waals surface area (Å²) in [4.78, 5) is 2.26. The molecule has 0 atom stereocenters. The van der Waals surface area contributed by atoms with Gasteiger partial charge in [0.25, 0.3) is 0 Å². The first-order chi connectivity index (χ1) is 10.7. The lowest BCUT2D eigenvalue weighted by Crippen LogP contribution is -2.16. The van der Waals surface area contributed by atoms with Gasteiger partial charge in [-0.25, -0.2) is 0 Å². The summed E-state index contributed by atoms with van der Waals surface area (Å²) in [5, 5.41) is 0. The van der Waals surface area contributed by atoms with Crippen LogP contribution < -0.4 is 9.64 Å². The molecule has 0 unspecified atom stereocenters. The van der Waals surface area contributed by atoms with Crippen molar-refractivity contribution in [3.05, 3.63) is 77.9 Å². The molecule has 3 aromatic carbocycles. The Hall–Kier alpha value is -2.74. The Morgan fingerprint density at radius 3 is 2.41 bits per heavy atom. The lowest BCUT2D eigenvalue weighted by atomic mass is 10.1. The molecule has 0 radical (unpaired) electrons. The standard InChI is InChI=1S/C20H17NO/c1-14-11-12-17-19(13-14)22-20-15(2)7-6-10-18(20)21(17)16-8-4-3-5-9-16/h3-13H,1-2H3. The fourth-order valence-corrected chi connectivity index (χ4v) is 2.93. The van der Waals surface area contributed by atoms with E-state index in [9.17, 15) is 0 Å². The Labute approximate surface area is 130 Å². The second kappa shape index (κ2) is 4.92. The molecule has 0 spiro atoms. The first-order valence-corrected chi connectivity index (χ1v) is 7.47. The number of aryl methyl sites for hydroxylation is 2. The van der Waals surface area contributed by atoms with Crippen molar-refractivity contribution in [1.82, 2.24) is 0 Å². The first kappa shape index (κ1) is 13.0. The van der Waals surface area contributed by atoms with E-state index in [-0.39, 0.29) is 0 Å². The number of hydrogen-bond donors (Lipinski definition) is 0. The molecule has 1 aliphatic rings. The summed E-state index contributed by atoms with van der Waals surface area (Å²) < 4.78 is 6.20. The highest BCUT2D eigenvalue weighted by Crippen LogP contribution is 2.51. The van der Waals surface area contributed by atoms with Crippen molar-refractivity contribution in [3.8, 4) is 11.5 Å². The first-order valence-electron chi connectivity index (χ1n) is 7.47. The quantitative estimate of drug-likeness (QED) is 0.433. The van der Waals surface area contributed by atoms with Gasteiger partial charge in [-0.3, -0.25) is 0 Å². The van der Waals surface area contributed by atoms with E-state index in [1.165, 1.54) is 5.56 Å². The number of anilines is 3. The second-order valence-corrected chi connectivity index (χ2v) is 5.67. The molecule has 1 aliphatic heterocycles. The lowest BCUT2D eigenvalue weighted by molar-refractivity contribution is 0.473. The molecule has 1 heterocycles. The molecule has 0 saturated heterocycles. The Kier molecular flexibility index (Phi) is 2.90. The van der Waals surface area contributed by atoms with Crippen molar-refractivity contribution in [2.24, 2.45) is 0 Å². The predicted octanol–water partition coefficient (Wildman–Crippen LogP) is 5.88. The second-order valence-electron chi connectivity index (χ2n) is 5.67. The minimum absolute atomic E-state index is 0.908. The summed E-state index contributed by atoms with van der Waals surface area (Å²) in [6.45, 7) is 4.17. The summed E-state index contributed by atoms with van der Waals surface area (Å²) >= 11 is 0. The number of benzene rings is 3. The van der Waals surface area contributed by atoms with Crippen LogP contribution in [0.15, 0.2) is 66.7 Å².